The van der Waals surface area contributed by atoms with Crippen LogP contribution in [0.1, 0.15) is 41.9 Å². The standard InChI is InChI=1S/C19H23N3O3/c1-13-11-21-16(12-20-13)19(24)22-15-9-5-6-10-17(18(15)23)25-14-7-3-2-4-8-14/h2-4,7-8,11-12,15,17-18,23H,5-6,9-10H2,1H3,(H,22,24)/t15-,17-,18-/m1/s1. The number of carbonyl (C=O) groups is 1. The first-order valence-electron chi connectivity index (χ1n) is 8.63. The minimum Gasteiger partial charge on any atom is -0.488 e. The average molecular weight is 341 g/mol. The molecular weight excluding hydrogens is 318 g/mol. The van der Waals surface area contributed by atoms with Gasteiger partial charge in [0.1, 0.15) is 23.7 Å². The van der Waals surface area contributed by atoms with Gasteiger partial charge in [-0.1, -0.05) is 24.6 Å². The summed E-state index contributed by atoms with van der Waals surface area (Å²) in [4.78, 5) is 20.6. The summed E-state index contributed by atoms with van der Waals surface area (Å²) in [6.45, 7) is 1.81. The summed E-state index contributed by atoms with van der Waals surface area (Å²) in [7, 11) is 0. The van der Waals surface area contributed by atoms with Gasteiger partial charge in [0, 0.05) is 6.20 Å². The van der Waals surface area contributed by atoms with Crippen molar-refractivity contribution >= 4 is 5.91 Å². The molecule has 2 N–H and O–H groups in total. The second kappa shape index (κ2) is 8.07. The minimum atomic E-state index is -0.773. The summed E-state index contributed by atoms with van der Waals surface area (Å²) in [5.41, 5.74) is 1.00. The van der Waals surface area contributed by atoms with E-state index in [1.807, 2.05) is 37.3 Å². The summed E-state index contributed by atoms with van der Waals surface area (Å²) >= 11 is 0. The lowest BCUT2D eigenvalue weighted by molar-refractivity contribution is 0.0128. The summed E-state index contributed by atoms with van der Waals surface area (Å²) in [5, 5.41) is 13.6. The third-order valence-electron chi connectivity index (χ3n) is 4.41. The number of ether oxygens (including phenoxy) is 1. The summed E-state index contributed by atoms with van der Waals surface area (Å²) in [5.74, 6) is 0.403. The van der Waals surface area contributed by atoms with Gasteiger partial charge in [-0.25, -0.2) is 4.98 Å². The van der Waals surface area contributed by atoms with Crippen LogP contribution in [0.25, 0.3) is 0 Å². The SMILES string of the molecule is Cc1cnc(C(=O)N[C@@H]2CCCC[C@@H](Oc3ccccc3)[C@@H]2O)cn1. The Labute approximate surface area is 147 Å². The molecule has 0 spiro atoms. The first-order valence-corrected chi connectivity index (χ1v) is 8.63. The van der Waals surface area contributed by atoms with Gasteiger partial charge in [-0.05, 0) is 38.3 Å². The van der Waals surface area contributed by atoms with E-state index in [0.717, 1.165) is 30.7 Å². The molecule has 0 bridgehead atoms. The van der Waals surface area contributed by atoms with E-state index in [1.165, 1.54) is 6.20 Å². The number of hydrogen-bond donors (Lipinski definition) is 2. The zero-order valence-electron chi connectivity index (χ0n) is 14.3. The van der Waals surface area contributed by atoms with Crippen LogP contribution in [0.5, 0.6) is 5.75 Å². The third kappa shape index (κ3) is 4.54. The maximum atomic E-state index is 12.4. The Kier molecular flexibility index (Phi) is 5.60. The lowest BCUT2D eigenvalue weighted by Crippen LogP contribution is -2.49. The molecule has 0 radical (unpaired) electrons. The molecule has 1 fully saturated rings. The molecule has 0 aliphatic heterocycles. The second-order valence-corrected chi connectivity index (χ2v) is 6.37. The Morgan fingerprint density at radius 2 is 1.92 bits per heavy atom. The van der Waals surface area contributed by atoms with Crippen LogP contribution < -0.4 is 10.1 Å². The molecule has 25 heavy (non-hydrogen) atoms. The highest BCUT2D eigenvalue weighted by Crippen LogP contribution is 2.24. The summed E-state index contributed by atoms with van der Waals surface area (Å²) < 4.78 is 5.95. The first-order chi connectivity index (χ1) is 12.1. The monoisotopic (exact) mass is 341 g/mol. The van der Waals surface area contributed by atoms with Crippen molar-refractivity contribution in [3.63, 3.8) is 0 Å². The van der Waals surface area contributed by atoms with Gasteiger partial charge in [-0.3, -0.25) is 9.78 Å². The zero-order chi connectivity index (χ0) is 17.6. The molecule has 132 valence electrons. The number of aromatic nitrogens is 2. The maximum absolute atomic E-state index is 12.4. The number of aliphatic hydroxyl groups is 1. The van der Waals surface area contributed by atoms with Crippen molar-refractivity contribution in [2.45, 2.75) is 50.9 Å². The third-order valence-corrected chi connectivity index (χ3v) is 4.41. The number of hydrogen-bond acceptors (Lipinski definition) is 5. The molecular formula is C19H23N3O3. The van der Waals surface area contributed by atoms with E-state index >= 15 is 0 Å². The van der Waals surface area contributed by atoms with Crippen LogP contribution in [0, 0.1) is 6.92 Å². The molecule has 1 aromatic heterocycles. The minimum absolute atomic E-state index is 0.252. The Balaban J connectivity index is 1.67. The highest BCUT2D eigenvalue weighted by atomic mass is 16.5. The van der Waals surface area contributed by atoms with Gasteiger partial charge in [0.25, 0.3) is 5.91 Å². The summed E-state index contributed by atoms with van der Waals surface area (Å²) in [6, 6.07) is 9.08. The lowest BCUT2D eigenvalue weighted by Gasteiger charge is -2.28. The molecule has 1 saturated carbocycles. The van der Waals surface area contributed by atoms with Crippen molar-refractivity contribution in [1.29, 1.82) is 0 Å². The Hall–Kier alpha value is -2.47. The highest BCUT2D eigenvalue weighted by Gasteiger charge is 2.33. The number of aryl methyl sites for hydroxylation is 1. The Morgan fingerprint density at radius 3 is 2.64 bits per heavy atom. The van der Waals surface area contributed by atoms with Crippen LogP contribution >= 0.6 is 0 Å². The van der Waals surface area contributed by atoms with Gasteiger partial charge < -0.3 is 15.2 Å². The predicted octanol–water partition coefficient (Wildman–Crippen LogP) is 2.27. The second-order valence-electron chi connectivity index (χ2n) is 6.37. The molecule has 3 atom stereocenters. The van der Waals surface area contributed by atoms with Crippen molar-refractivity contribution in [3.05, 3.63) is 54.1 Å². The van der Waals surface area contributed by atoms with Crippen LogP contribution in [-0.4, -0.2) is 39.2 Å². The average Bonchev–Trinajstić information content (AvgIpc) is 2.79. The molecule has 1 aliphatic carbocycles. The molecule has 1 aliphatic rings. The molecule has 1 aromatic carbocycles. The van der Waals surface area contributed by atoms with Gasteiger partial charge in [0.05, 0.1) is 17.9 Å². The molecule has 1 amide bonds. The van der Waals surface area contributed by atoms with Crippen LogP contribution in [0.15, 0.2) is 42.7 Å². The Morgan fingerprint density at radius 1 is 1.16 bits per heavy atom. The van der Waals surface area contributed by atoms with Gasteiger partial charge in [0.15, 0.2) is 0 Å². The quantitative estimate of drug-likeness (QED) is 0.834. The van der Waals surface area contributed by atoms with Crippen molar-refractivity contribution in [3.8, 4) is 5.75 Å². The van der Waals surface area contributed by atoms with E-state index in [2.05, 4.69) is 15.3 Å². The molecule has 1 heterocycles. The van der Waals surface area contributed by atoms with E-state index in [4.69, 9.17) is 4.74 Å². The fourth-order valence-corrected chi connectivity index (χ4v) is 3.02. The number of aliphatic hydroxyl groups excluding tert-OH is 1. The summed E-state index contributed by atoms with van der Waals surface area (Å²) in [6.07, 6.45) is 5.23. The van der Waals surface area contributed by atoms with Crippen LogP contribution in [0.2, 0.25) is 0 Å². The fourth-order valence-electron chi connectivity index (χ4n) is 3.02. The number of para-hydroxylation sites is 1. The van der Waals surface area contributed by atoms with Crippen molar-refractivity contribution in [2.24, 2.45) is 0 Å². The number of benzene rings is 1. The molecule has 6 nitrogen and oxygen atoms in total. The number of amides is 1. The van der Waals surface area contributed by atoms with Gasteiger partial charge in [-0.2, -0.15) is 0 Å². The van der Waals surface area contributed by atoms with Gasteiger partial charge in [-0.15, -0.1) is 0 Å². The van der Waals surface area contributed by atoms with Crippen molar-refractivity contribution in [1.82, 2.24) is 15.3 Å². The predicted molar refractivity (Wildman–Crippen MR) is 93.4 cm³/mol. The smallest absolute Gasteiger partial charge is 0.271 e. The molecule has 6 heteroatoms. The number of rotatable bonds is 4. The van der Waals surface area contributed by atoms with E-state index in [1.54, 1.807) is 6.20 Å². The van der Waals surface area contributed by atoms with E-state index in [0.29, 0.717) is 6.42 Å². The largest absolute Gasteiger partial charge is 0.488 e. The van der Waals surface area contributed by atoms with Crippen molar-refractivity contribution < 1.29 is 14.6 Å². The Bertz CT molecular complexity index is 691. The topological polar surface area (TPSA) is 84.3 Å². The van der Waals surface area contributed by atoms with Crippen molar-refractivity contribution in [2.75, 3.05) is 0 Å². The van der Waals surface area contributed by atoms with E-state index in [9.17, 15) is 9.90 Å². The molecule has 0 saturated heterocycles. The maximum Gasteiger partial charge on any atom is 0.271 e. The normalized spacial score (nSPS) is 23.5. The fraction of sp³-hybridized carbons (Fsp3) is 0.421. The lowest BCUT2D eigenvalue weighted by atomic mass is 10.0. The van der Waals surface area contributed by atoms with Gasteiger partial charge in [0.2, 0.25) is 0 Å². The van der Waals surface area contributed by atoms with Crippen LogP contribution in [0.4, 0.5) is 0 Å². The van der Waals surface area contributed by atoms with E-state index in [-0.39, 0.29) is 23.7 Å². The van der Waals surface area contributed by atoms with Crippen LogP contribution in [0.3, 0.4) is 0 Å². The number of nitrogens with one attached hydrogen (secondary N) is 1. The number of nitrogens with zero attached hydrogens (tertiary/aromatic N) is 2. The zero-order valence-corrected chi connectivity index (χ0v) is 14.3. The molecule has 0 unspecified atom stereocenters. The van der Waals surface area contributed by atoms with E-state index < -0.39 is 6.10 Å². The highest BCUT2D eigenvalue weighted by molar-refractivity contribution is 5.92. The molecule has 3 rings (SSSR count). The first kappa shape index (κ1) is 17.4. The van der Waals surface area contributed by atoms with Crippen LogP contribution in [-0.2, 0) is 0 Å². The molecule has 2 aromatic rings. The van der Waals surface area contributed by atoms with Gasteiger partial charge >= 0.3 is 0 Å². The number of carbonyl (C=O) groups excluding carboxylic acids is 1.